The molecule has 1 saturated heterocycles. The Morgan fingerprint density at radius 2 is 1.75 bits per heavy atom. The summed E-state index contributed by atoms with van der Waals surface area (Å²) in [6.07, 6.45) is 3.62. The van der Waals surface area contributed by atoms with Crippen molar-refractivity contribution in [3.8, 4) is 11.1 Å². The van der Waals surface area contributed by atoms with Gasteiger partial charge >= 0.3 is 0 Å². The van der Waals surface area contributed by atoms with Gasteiger partial charge in [-0.1, -0.05) is 11.6 Å². The fourth-order valence-corrected chi connectivity index (χ4v) is 4.24. The molecule has 0 atom stereocenters. The maximum absolute atomic E-state index is 14.4. The number of nitrogens with zero attached hydrogens (tertiary/aromatic N) is 4. The minimum atomic E-state index is -0.628. The van der Waals surface area contributed by atoms with E-state index in [0.717, 1.165) is 47.9 Å². The van der Waals surface area contributed by atoms with Crippen molar-refractivity contribution in [3.63, 3.8) is 0 Å². The van der Waals surface area contributed by atoms with Crippen molar-refractivity contribution in [2.24, 2.45) is 0 Å². The van der Waals surface area contributed by atoms with Crippen LogP contribution in [0, 0.1) is 11.6 Å². The fourth-order valence-electron chi connectivity index (χ4n) is 4.02. The van der Waals surface area contributed by atoms with Gasteiger partial charge in [0.2, 0.25) is 0 Å². The van der Waals surface area contributed by atoms with Crippen LogP contribution in [0.4, 0.5) is 26.1 Å². The van der Waals surface area contributed by atoms with Crippen molar-refractivity contribution in [2.75, 3.05) is 54.5 Å². The third kappa shape index (κ3) is 4.08. The Morgan fingerprint density at radius 1 is 0.969 bits per heavy atom. The molecule has 5 rings (SSSR count). The summed E-state index contributed by atoms with van der Waals surface area (Å²) in [6, 6.07) is 8.16. The Kier molecular flexibility index (Phi) is 5.80. The predicted molar refractivity (Wildman–Crippen MR) is 121 cm³/mol. The molecule has 0 unspecified atom stereocenters. The molecule has 4 heterocycles. The Labute approximate surface area is 189 Å². The second-order valence-corrected chi connectivity index (χ2v) is 8.14. The molecule has 0 radical (unpaired) electrons. The van der Waals surface area contributed by atoms with Crippen molar-refractivity contribution in [3.05, 3.63) is 64.9 Å². The summed E-state index contributed by atoms with van der Waals surface area (Å²) in [5.74, 6) is 0.466. The lowest BCUT2D eigenvalue weighted by Crippen LogP contribution is -2.36. The molecule has 2 aromatic heterocycles. The van der Waals surface area contributed by atoms with Crippen LogP contribution in [-0.4, -0.2) is 49.4 Å². The summed E-state index contributed by atoms with van der Waals surface area (Å²) in [7, 11) is 0. The van der Waals surface area contributed by atoms with E-state index in [-0.39, 0.29) is 17.1 Å². The molecular formula is C23H22ClF2N5O. The average Bonchev–Trinajstić information content (AvgIpc) is 2.85. The van der Waals surface area contributed by atoms with E-state index in [4.69, 9.17) is 16.3 Å². The molecule has 0 spiro atoms. The standard InChI is InChI=1S/C23H22ClF2N5O/c24-22-17(18(25)2-3-19(22)26)14-31-6-5-27-23-20(31)11-16(13-29-23)15-1-4-21(28-12-15)30-7-9-32-10-8-30/h1-4,11-13H,5-10,14H2,(H,27,29). The first kappa shape index (κ1) is 20.9. The van der Waals surface area contributed by atoms with Crippen LogP contribution in [-0.2, 0) is 11.3 Å². The van der Waals surface area contributed by atoms with Crippen LogP contribution in [0.2, 0.25) is 5.02 Å². The van der Waals surface area contributed by atoms with Crippen molar-refractivity contribution in [1.82, 2.24) is 9.97 Å². The van der Waals surface area contributed by atoms with Gasteiger partial charge in [-0.15, -0.1) is 0 Å². The lowest BCUT2D eigenvalue weighted by molar-refractivity contribution is 0.122. The van der Waals surface area contributed by atoms with E-state index < -0.39 is 11.6 Å². The van der Waals surface area contributed by atoms with E-state index in [2.05, 4.69) is 20.2 Å². The molecule has 9 heteroatoms. The number of ether oxygens (including phenoxy) is 1. The van der Waals surface area contributed by atoms with E-state index in [0.29, 0.717) is 32.1 Å². The van der Waals surface area contributed by atoms with E-state index in [9.17, 15) is 8.78 Å². The van der Waals surface area contributed by atoms with Crippen LogP contribution in [0.1, 0.15) is 5.56 Å². The van der Waals surface area contributed by atoms with Gasteiger partial charge in [-0.3, -0.25) is 0 Å². The molecule has 0 aliphatic carbocycles. The highest BCUT2D eigenvalue weighted by atomic mass is 35.5. The van der Waals surface area contributed by atoms with Crippen molar-refractivity contribution < 1.29 is 13.5 Å². The Hall–Kier alpha value is -2.97. The number of pyridine rings is 2. The normalized spacial score (nSPS) is 16.0. The number of nitrogens with one attached hydrogen (secondary N) is 1. The molecule has 1 N–H and O–H groups in total. The first-order valence-electron chi connectivity index (χ1n) is 10.5. The van der Waals surface area contributed by atoms with Crippen LogP contribution < -0.4 is 15.1 Å². The quantitative estimate of drug-likeness (QED) is 0.588. The van der Waals surface area contributed by atoms with Gasteiger partial charge in [-0.05, 0) is 30.3 Å². The zero-order valence-electron chi connectivity index (χ0n) is 17.3. The first-order valence-corrected chi connectivity index (χ1v) is 10.9. The smallest absolute Gasteiger partial charge is 0.149 e. The number of morpholine rings is 1. The maximum Gasteiger partial charge on any atom is 0.149 e. The average molecular weight is 458 g/mol. The number of hydrogen-bond donors (Lipinski definition) is 1. The van der Waals surface area contributed by atoms with Gasteiger partial charge in [0, 0.05) is 61.8 Å². The molecule has 0 saturated carbocycles. The van der Waals surface area contributed by atoms with Gasteiger partial charge in [0.1, 0.15) is 23.3 Å². The number of hydrogen-bond acceptors (Lipinski definition) is 6. The Morgan fingerprint density at radius 3 is 2.53 bits per heavy atom. The third-order valence-corrected chi connectivity index (χ3v) is 6.20. The molecule has 166 valence electrons. The fraction of sp³-hybridized carbons (Fsp3) is 0.304. The highest BCUT2D eigenvalue weighted by Crippen LogP contribution is 2.34. The summed E-state index contributed by atoms with van der Waals surface area (Å²) < 4.78 is 33.7. The topological polar surface area (TPSA) is 53.5 Å². The molecule has 1 aromatic carbocycles. The highest BCUT2D eigenvalue weighted by molar-refractivity contribution is 6.31. The molecule has 6 nitrogen and oxygen atoms in total. The van der Waals surface area contributed by atoms with Crippen molar-refractivity contribution in [1.29, 1.82) is 0 Å². The molecule has 2 aliphatic heterocycles. The Balaban J connectivity index is 1.42. The van der Waals surface area contributed by atoms with Gasteiger partial charge in [0.25, 0.3) is 0 Å². The molecule has 0 amide bonds. The number of fused-ring (bicyclic) bond motifs is 1. The maximum atomic E-state index is 14.4. The summed E-state index contributed by atoms with van der Waals surface area (Å²) in [5, 5.41) is 3.08. The van der Waals surface area contributed by atoms with Crippen molar-refractivity contribution in [2.45, 2.75) is 6.54 Å². The van der Waals surface area contributed by atoms with Gasteiger partial charge in [-0.2, -0.15) is 0 Å². The second kappa shape index (κ2) is 8.88. The number of aromatic nitrogens is 2. The largest absolute Gasteiger partial charge is 0.378 e. The first-order chi connectivity index (χ1) is 15.6. The van der Waals surface area contributed by atoms with Crippen molar-refractivity contribution >= 4 is 28.9 Å². The Bertz CT molecular complexity index is 1120. The predicted octanol–water partition coefficient (Wildman–Crippen LogP) is 4.34. The van der Waals surface area contributed by atoms with Gasteiger partial charge in [0.05, 0.1) is 23.9 Å². The molecular weight excluding hydrogens is 436 g/mol. The lowest BCUT2D eigenvalue weighted by atomic mass is 10.1. The van der Waals surface area contributed by atoms with Crippen LogP contribution in [0.15, 0.2) is 42.7 Å². The van der Waals surface area contributed by atoms with Gasteiger partial charge in [0.15, 0.2) is 0 Å². The SMILES string of the molecule is Fc1ccc(F)c(CN2CCNc3ncc(-c4ccc(N5CCOCC5)nc4)cc32)c1Cl. The van der Waals surface area contributed by atoms with Gasteiger partial charge < -0.3 is 19.9 Å². The number of benzene rings is 1. The molecule has 32 heavy (non-hydrogen) atoms. The van der Waals surface area contributed by atoms with Gasteiger partial charge in [-0.25, -0.2) is 18.7 Å². The third-order valence-electron chi connectivity index (χ3n) is 5.79. The number of halogens is 3. The molecule has 0 bridgehead atoms. The van der Waals surface area contributed by atoms with Crippen LogP contribution >= 0.6 is 11.6 Å². The van der Waals surface area contributed by atoms with Crippen LogP contribution in [0.3, 0.4) is 0 Å². The van der Waals surface area contributed by atoms with Crippen LogP contribution in [0.25, 0.3) is 11.1 Å². The summed E-state index contributed by atoms with van der Waals surface area (Å²) in [4.78, 5) is 13.3. The summed E-state index contributed by atoms with van der Waals surface area (Å²) in [6.45, 7) is 4.46. The summed E-state index contributed by atoms with van der Waals surface area (Å²) >= 11 is 6.06. The zero-order valence-corrected chi connectivity index (χ0v) is 18.1. The van der Waals surface area contributed by atoms with E-state index in [1.165, 1.54) is 0 Å². The molecule has 3 aromatic rings. The van der Waals surface area contributed by atoms with Crippen LogP contribution in [0.5, 0.6) is 0 Å². The minimum absolute atomic E-state index is 0.140. The van der Waals surface area contributed by atoms with E-state index in [1.807, 2.05) is 29.3 Å². The monoisotopic (exact) mass is 457 g/mol. The molecule has 2 aliphatic rings. The zero-order chi connectivity index (χ0) is 22.1. The summed E-state index contributed by atoms with van der Waals surface area (Å²) in [5.41, 5.74) is 2.77. The van der Waals surface area contributed by atoms with E-state index >= 15 is 0 Å². The number of rotatable bonds is 4. The number of anilines is 3. The highest BCUT2D eigenvalue weighted by Gasteiger charge is 2.22. The molecule has 1 fully saturated rings. The lowest BCUT2D eigenvalue weighted by Gasteiger charge is -2.32. The van der Waals surface area contributed by atoms with E-state index in [1.54, 1.807) is 6.20 Å². The second-order valence-electron chi connectivity index (χ2n) is 7.77. The minimum Gasteiger partial charge on any atom is -0.378 e.